The van der Waals surface area contributed by atoms with E-state index in [-0.39, 0.29) is 0 Å². The maximum atomic E-state index is 5.24. The van der Waals surface area contributed by atoms with Gasteiger partial charge in [0.2, 0.25) is 0 Å². The van der Waals surface area contributed by atoms with Crippen LogP contribution in [0.25, 0.3) is 10.9 Å². The highest BCUT2D eigenvalue weighted by Gasteiger charge is 2.03. The summed E-state index contributed by atoms with van der Waals surface area (Å²) in [7, 11) is 0. The highest BCUT2D eigenvalue weighted by molar-refractivity contribution is 5.78. The molecular weight excluding hydrogens is 228 g/mol. The van der Waals surface area contributed by atoms with Crippen LogP contribution in [0, 0.1) is 0 Å². The molecule has 2 heterocycles. The summed E-state index contributed by atoms with van der Waals surface area (Å²) in [6.45, 7) is 0.589. The van der Waals surface area contributed by atoms with Crippen molar-refractivity contribution in [3.8, 4) is 0 Å². The minimum atomic E-state index is 0.545. The van der Waals surface area contributed by atoms with Crippen LogP contribution in [-0.2, 0) is 6.54 Å². The highest BCUT2D eigenvalue weighted by atomic mass is 15.3. The first kappa shape index (κ1) is 10.7. The van der Waals surface area contributed by atoms with Crippen molar-refractivity contribution in [1.82, 2.24) is 19.7 Å². The van der Waals surface area contributed by atoms with Gasteiger partial charge in [0, 0.05) is 5.39 Å². The van der Waals surface area contributed by atoms with Gasteiger partial charge in [-0.15, -0.1) is 0 Å². The minimum Gasteiger partial charge on any atom is -0.307 e. The van der Waals surface area contributed by atoms with Crippen LogP contribution >= 0.6 is 0 Å². The summed E-state index contributed by atoms with van der Waals surface area (Å²) in [4.78, 5) is 8.38. The van der Waals surface area contributed by atoms with Crippen LogP contribution in [0.15, 0.2) is 42.9 Å². The van der Waals surface area contributed by atoms with Gasteiger partial charge in [0.1, 0.15) is 0 Å². The van der Waals surface area contributed by atoms with Crippen LogP contribution in [0.2, 0.25) is 0 Å². The van der Waals surface area contributed by atoms with E-state index in [1.807, 2.05) is 35.1 Å². The number of hydrazine groups is 1. The van der Waals surface area contributed by atoms with Gasteiger partial charge >= 0.3 is 0 Å². The Balaban J connectivity index is 1.91. The lowest BCUT2D eigenvalue weighted by atomic mass is 10.2. The number of aromatic nitrogens is 4. The lowest BCUT2D eigenvalue weighted by Crippen LogP contribution is -2.10. The molecule has 3 aromatic rings. The number of para-hydroxylation sites is 1. The van der Waals surface area contributed by atoms with E-state index in [1.54, 1.807) is 12.4 Å². The van der Waals surface area contributed by atoms with Crippen molar-refractivity contribution in [2.45, 2.75) is 6.54 Å². The number of anilines is 1. The Morgan fingerprint density at radius 3 is 2.78 bits per heavy atom. The van der Waals surface area contributed by atoms with Gasteiger partial charge in [-0.05, 0) is 6.07 Å². The third kappa shape index (κ3) is 1.89. The van der Waals surface area contributed by atoms with Crippen molar-refractivity contribution in [3.63, 3.8) is 0 Å². The Morgan fingerprint density at radius 1 is 1.11 bits per heavy atom. The van der Waals surface area contributed by atoms with Crippen molar-refractivity contribution in [2.24, 2.45) is 5.84 Å². The predicted molar refractivity (Wildman–Crippen MR) is 68.7 cm³/mol. The van der Waals surface area contributed by atoms with Crippen molar-refractivity contribution in [1.29, 1.82) is 0 Å². The van der Waals surface area contributed by atoms with E-state index in [1.165, 1.54) is 0 Å². The molecular formula is C12H12N6. The first-order valence-electron chi connectivity index (χ1n) is 5.55. The SMILES string of the molecule is NNc1cnc(Cn2ncc3ccccc32)cn1. The molecule has 0 aliphatic carbocycles. The number of nitrogens with two attached hydrogens (primary N) is 1. The molecule has 0 saturated heterocycles. The first-order valence-corrected chi connectivity index (χ1v) is 5.55. The zero-order chi connectivity index (χ0) is 12.4. The second kappa shape index (κ2) is 4.42. The number of nitrogen functional groups attached to an aromatic ring is 1. The molecule has 0 atom stereocenters. The molecule has 0 aliphatic rings. The van der Waals surface area contributed by atoms with Crippen LogP contribution in [0.1, 0.15) is 5.69 Å². The zero-order valence-electron chi connectivity index (χ0n) is 9.61. The zero-order valence-corrected chi connectivity index (χ0v) is 9.61. The van der Waals surface area contributed by atoms with E-state index in [9.17, 15) is 0 Å². The fraction of sp³-hybridized carbons (Fsp3) is 0.0833. The Labute approximate surface area is 103 Å². The van der Waals surface area contributed by atoms with E-state index in [2.05, 4.69) is 20.5 Å². The summed E-state index contributed by atoms with van der Waals surface area (Å²) in [5.41, 5.74) is 4.37. The van der Waals surface area contributed by atoms with Crippen molar-refractivity contribution >= 4 is 16.7 Å². The second-order valence-corrected chi connectivity index (χ2v) is 3.90. The van der Waals surface area contributed by atoms with Crippen LogP contribution in [0.3, 0.4) is 0 Å². The quantitative estimate of drug-likeness (QED) is 0.530. The third-order valence-electron chi connectivity index (χ3n) is 2.72. The van der Waals surface area contributed by atoms with E-state index in [0.717, 1.165) is 16.6 Å². The first-order chi connectivity index (χ1) is 8.86. The summed E-state index contributed by atoms with van der Waals surface area (Å²) >= 11 is 0. The van der Waals surface area contributed by atoms with Crippen LogP contribution in [0.5, 0.6) is 0 Å². The van der Waals surface area contributed by atoms with Crippen LogP contribution in [0.4, 0.5) is 5.82 Å². The third-order valence-corrected chi connectivity index (χ3v) is 2.72. The smallest absolute Gasteiger partial charge is 0.158 e. The average Bonchev–Trinajstić information content (AvgIpc) is 2.83. The number of rotatable bonds is 3. The fourth-order valence-corrected chi connectivity index (χ4v) is 1.82. The molecule has 0 bridgehead atoms. The largest absolute Gasteiger partial charge is 0.307 e. The Hall–Kier alpha value is -2.47. The summed E-state index contributed by atoms with van der Waals surface area (Å²) in [6.07, 6.45) is 5.13. The van der Waals surface area contributed by atoms with Gasteiger partial charge in [-0.2, -0.15) is 5.10 Å². The van der Waals surface area contributed by atoms with Crippen LogP contribution < -0.4 is 11.3 Å². The molecule has 1 aromatic carbocycles. The Bertz CT molecular complexity index is 658. The molecule has 0 amide bonds. The summed E-state index contributed by atoms with van der Waals surface area (Å²) in [5, 5.41) is 5.46. The van der Waals surface area contributed by atoms with E-state index < -0.39 is 0 Å². The maximum Gasteiger partial charge on any atom is 0.158 e. The van der Waals surface area contributed by atoms with Gasteiger partial charge in [-0.25, -0.2) is 10.8 Å². The van der Waals surface area contributed by atoms with Crippen molar-refractivity contribution in [3.05, 3.63) is 48.5 Å². The molecule has 0 aliphatic heterocycles. The Kier molecular flexibility index (Phi) is 2.62. The van der Waals surface area contributed by atoms with Gasteiger partial charge in [0.15, 0.2) is 5.82 Å². The summed E-state index contributed by atoms with van der Waals surface area (Å²) in [5.74, 6) is 5.79. The second-order valence-electron chi connectivity index (χ2n) is 3.90. The molecule has 0 spiro atoms. The molecule has 0 unspecified atom stereocenters. The molecule has 6 nitrogen and oxygen atoms in total. The average molecular weight is 240 g/mol. The molecule has 90 valence electrons. The number of hydrogen-bond donors (Lipinski definition) is 2. The fourth-order valence-electron chi connectivity index (χ4n) is 1.82. The van der Waals surface area contributed by atoms with Crippen molar-refractivity contribution < 1.29 is 0 Å². The van der Waals surface area contributed by atoms with Gasteiger partial charge < -0.3 is 5.43 Å². The monoisotopic (exact) mass is 240 g/mol. The highest BCUT2D eigenvalue weighted by Crippen LogP contribution is 2.13. The molecule has 18 heavy (non-hydrogen) atoms. The standard InChI is InChI=1S/C12H12N6/c13-17-12-7-14-10(6-15-12)8-18-11-4-2-1-3-9(11)5-16-18/h1-7H,8,13H2,(H,15,17). The molecule has 0 fully saturated rings. The number of benzene rings is 1. The topological polar surface area (TPSA) is 81.6 Å². The van der Waals surface area contributed by atoms with Gasteiger partial charge in [-0.3, -0.25) is 9.67 Å². The minimum absolute atomic E-state index is 0.545. The summed E-state index contributed by atoms with van der Waals surface area (Å²) < 4.78 is 1.90. The summed E-state index contributed by atoms with van der Waals surface area (Å²) in [6, 6.07) is 8.06. The van der Waals surface area contributed by atoms with Gasteiger partial charge in [-0.1, -0.05) is 18.2 Å². The van der Waals surface area contributed by atoms with Crippen LogP contribution in [-0.4, -0.2) is 19.7 Å². The van der Waals surface area contributed by atoms with E-state index in [4.69, 9.17) is 5.84 Å². The van der Waals surface area contributed by atoms with E-state index in [0.29, 0.717) is 12.4 Å². The normalized spacial score (nSPS) is 10.7. The lowest BCUT2D eigenvalue weighted by molar-refractivity contribution is 0.693. The van der Waals surface area contributed by atoms with Gasteiger partial charge in [0.25, 0.3) is 0 Å². The Morgan fingerprint density at radius 2 is 2.00 bits per heavy atom. The maximum absolute atomic E-state index is 5.24. The number of fused-ring (bicyclic) bond motifs is 1. The number of nitrogens with one attached hydrogen (secondary N) is 1. The van der Waals surface area contributed by atoms with Crippen molar-refractivity contribution in [2.75, 3.05) is 5.43 Å². The lowest BCUT2D eigenvalue weighted by Gasteiger charge is -2.03. The molecule has 3 rings (SSSR count). The molecule has 6 heteroatoms. The molecule has 0 radical (unpaired) electrons. The number of nitrogens with zero attached hydrogens (tertiary/aromatic N) is 4. The molecule has 0 saturated carbocycles. The molecule has 2 aromatic heterocycles. The predicted octanol–water partition coefficient (Wildman–Crippen LogP) is 1.16. The number of hydrogen-bond acceptors (Lipinski definition) is 5. The van der Waals surface area contributed by atoms with Gasteiger partial charge in [0.05, 0.1) is 36.3 Å². The van der Waals surface area contributed by atoms with E-state index >= 15 is 0 Å². The molecule has 3 N–H and O–H groups in total.